The minimum atomic E-state index is 0.694. The summed E-state index contributed by atoms with van der Waals surface area (Å²) in [7, 11) is 20.1. The number of hydrogen-bond donors (Lipinski definition) is 0. The molecule has 0 aliphatic carbocycles. The highest BCUT2D eigenvalue weighted by atomic mass is 36.0. The zero-order chi connectivity index (χ0) is 5.41. The van der Waals surface area contributed by atoms with E-state index in [0.29, 0.717) is 20.4 Å². The summed E-state index contributed by atoms with van der Waals surface area (Å²) < 4.78 is 0. The van der Waals surface area contributed by atoms with Gasteiger partial charge in [0.2, 0.25) is 0 Å². The van der Waals surface area contributed by atoms with Gasteiger partial charge in [-0.15, -0.1) is 0 Å². The normalized spacial score (nSPS) is 6.00. The fraction of sp³-hybridized carbons (Fsp3) is 0. The van der Waals surface area contributed by atoms with Crippen LogP contribution in [0.3, 0.4) is 0 Å². The quantitative estimate of drug-likeness (QED) is 0.586. The van der Waals surface area contributed by atoms with Crippen molar-refractivity contribution in [2.24, 2.45) is 0 Å². The first-order chi connectivity index (χ1) is 2.83. The lowest BCUT2D eigenvalue weighted by Gasteiger charge is -1.40. The van der Waals surface area contributed by atoms with Crippen LogP contribution in [-0.4, -0.2) is 0 Å². The molecule has 0 heterocycles. The van der Waals surface area contributed by atoms with E-state index in [1.54, 1.807) is 0 Å². The second-order valence-electron chi connectivity index (χ2n) is 0.117. The molecular formula is Cl4S2. The van der Waals surface area contributed by atoms with Gasteiger partial charge >= 0.3 is 0 Å². The van der Waals surface area contributed by atoms with E-state index in [4.69, 9.17) is 0 Å². The number of rotatable bonds is 0. The molecule has 6 heteroatoms. The van der Waals surface area contributed by atoms with E-state index in [1.165, 1.54) is 0 Å². The maximum Gasteiger partial charge on any atom is 0.0523 e. The van der Waals surface area contributed by atoms with E-state index in [0.717, 1.165) is 0 Å². The molecule has 0 atom stereocenters. The minimum absolute atomic E-state index is 0.694. The van der Waals surface area contributed by atoms with Crippen molar-refractivity contribution in [1.29, 1.82) is 0 Å². The van der Waals surface area contributed by atoms with Crippen molar-refractivity contribution in [3.8, 4) is 0 Å². The van der Waals surface area contributed by atoms with Gasteiger partial charge in [0.25, 0.3) is 0 Å². The minimum Gasteiger partial charge on any atom is -0.0261 e. The summed E-state index contributed by atoms with van der Waals surface area (Å²) in [5.74, 6) is 0. The van der Waals surface area contributed by atoms with E-state index in [1.807, 2.05) is 0 Å². The molecule has 0 amide bonds. The van der Waals surface area contributed by atoms with Crippen LogP contribution in [0.1, 0.15) is 0 Å². The number of halogens is 4. The maximum atomic E-state index is 4.68. The smallest absolute Gasteiger partial charge is 0.0261 e. The molecule has 40 valence electrons. The zero-order valence-corrected chi connectivity index (χ0v) is 6.99. The van der Waals surface area contributed by atoms with E-state index in [9.17, 15) is 0 Å². The van der Waals surface area contributed by atoms with Gasteiger partial charge < -0.3 is 0 Å². The Morgan fingerprint density at radius 1 is 0.667 bits per heavy atom. The molecule has 0 aliphatic rings. The molecule has 0 spiro atoms. The molecule has 0 aliphatic heterocycles. The van der Waals surface area contributed by atoms with Crippen molar-refractivity contribution in [1.82, 2.24) is 0 Å². The summed E-state index contributed by atoms with van der Waals surface area (Å²) in [6.45, 7) is 0. The Morgan fingerprint density at radius 2 is 0.667 bits per heavy atom. The van der Waals surface area contributed by atoms with Crippen LogP contribution in [0.15, 0.2) is 0 Å². The van der Waals surface area contributed by atoms with Crippen molar-refractivity contribution in [3.05, 3.63) is 0 Å². The van der Waals surface area contributed by atoms with Crippen LogP contribution in [0.5, 0.6) is 0 Å². The Balaban J connectivity index is 0. The fourth-order valence-corrected chi connectivity index (χ4v) is 0. The summed E-state index contributed by atoms with van der Waals surface area (Å²) in [6, 6.07) is 0. The zero-order valence-electron chi connectivity index (χ0n) is 2.33. The first-order valence-electron chi connectivity index (χ1n) is 0.617. The van der Waals surface area contributed by atoms with Crippen LogP contribution in [-0.2, 0) is 0 Å². The Labute approximate surface area is 62.9 Å². The molecule has 0 bridgehead atoms. The van der Waals surface area contributed by atoms with Crippen molar-refractivity contribution in [2.45, 2.75) is 0 Å². The van der Waals surface area contributed by atoms with Crippen LogP contribution < -0.4 is 0 Å². The third kappa shape index (κ3) is 40.0. The SMILES string of the molecule is ClSCl.ClSCl. The molecule has 0 unspecified atom stereocenters. The molecule has 6 heavy (non-hydrogen) atoms. The number of hydrogen-bond acceptors (Lipinski definition) is 2. The topological polar surface area (TPSA) is 0 Å². The highest BCUT2D eigenvalue weighted by molar-refractivity contribution is 8.38. The first kappa shape index (κ1) is 10.8. The van der Waals surface area contributed by atoms with Crippen molar-refractivity contribution >= 4 is 63.1 Å². The van der Waals surface area contributed by atoms with Crippen LogP contribution in [0.4, 0.5) is 0 Å². The molecule has 0 saturated carbocycles. The molecule has 0 fully saturated rings. The molecule has 0 radical (unpaired) electrons. The molecule has 0 aromatic carbocycles. The maximum absolute atomic E-state index is 4.68. The molecule has 0 aromatic rings. The van der Waals surface area contributed by atoms with Crippen molar-refractivity contribution in [2.75, 3.05) is 0 Å². The predicted molar refractivity (Wildman–Crippen MR) is 38.6 cm³/mol. The first-order valence-corrected chi connectivity index (χ1v) is 5.55. The average Bonchev–Trinajstić information content (AvgIpc) is 1.39. The lowest BCUT2D eigenvalue weighted by molar-refractivity contribution is 5.06. The van der Waals surface area contributed by atoms with Gasteiger partial charge in [-0.3, -0.25) is 0 Å². The predicted octanol–water partition coefficient (Wildman–Crippen LogP) is 4.05. The Morgan fingerprint density at radius 3 is 0.667 bits per heavy atom. The second-order valence-corrected chi connectivity index (χ2v) is 3.15. The Kier molecular flexibility index (Phi) is 28.4. The van der Waals surface area contributed by atoms with Crippen molar-refractivity contribution in [3.63, 3.8) is 0 Å². The van der Waals surface area contributed by atoms with Gasteiger partial charge in [-0.1, -0.05) is 0 Å². The molecule has 0 nitrogen and oxygen atoms in total. The molecule has 0 N–H and O–H groups in total. The van der Waals surface area contributed by atoms with Gasteiger partial charge in [0.15, 0.2) is 0 Å². The lowest BCUT2D eigenvalue weighted by atomic mass is 31.6. The van der Waals surface area contributed by atoms with E-state index in [-0.39, 0.29) is 0 Å². The largest absolute Gasteiger partial charge is 0.0523 e. The standard InChI is InChI=1S/2Cl2S/c2*1-3-2. The highest BCUT2D eigenvalue weighted by Gasteiger charge is 1.43. The summed E-state index contributed by atoms with van der Waals surface area (Å²) >= 11 is 0. The summed E-state index contributed by atoms with van der Waals surface area (Å²) in [4.78, 5) is 0. The average molecular weight is 206 g/mol. The third-order valence-corrected chi connectivity index (χ3v) is 0. The highest BCUT2D eigenvalue weighted by Crippen LogP contribution is 2.09. The second kappa shape index (κ2) is 15.8. The summed E-state index contributed by atoms with van der Waals surface area (Å²) in [6.07, 6.45) is 0. The molecule has 0 saturated heterocycles. The molecule has 0 rings (SSSR count). The van der Waals surface area contributed by atoms with Gasteiger partial charge in [-0.25, -0.2) is 0 Å². The van der Waals surface area contributed by atoms with Gasteiger partial charge in [0.05, 0.1) is 20.4 Å². The third-order valence-electron chi connectivity index (χ3n) is 0. The fourth-order valence-electron chi connectivity index (χ4n) is 0. The lowest BCUT2D eigenvalue weighted by Crippen LogP contribution is -0.745. The van der Waals surface area contributed by atoms with Crippen LogP contribution >= 0.6 is 63.1 Å². The Hall–Kier alpha value is 1.86. The van der Waals surface area contributed by atoms with Gasteiger partial charge in [0, 0.05) is 0 Å². The van der Waals surface area contributed by atoms with Gasteiger partial charge in [0.1, 0.15) is 0 Å². The Bertz CT molecular complexity index is 7.51. The molecule has 0 aromatic heterocycles. The van der Waals surface area contributed by atoms with Gasteiger partial charge in [-0.2, -0.15) is 0 Å². The monoisotopic (exact) mass is 204 g/mol. The van der Waals surface area contributed by atoms with Crippen LogP contribution in [0.25, 0.3) is 0 Å². The summed E-state index contributed by atoms with van der Waals surface area (Å²) in [5, 5.41) is 0. The van der Waals surface area contributed by atoms with Gasteiger partial charge in [-0.05, 0) is 42.7 Å². The van der Waals surface area contributed by atoms with E-state index in [2.05, 4.69) is 42.7 Å². The molecular weight excluding hydrogens is 206 g/mol. The van der Waals surface area contributed by atoms with Crippen molar-refractivity contribution < 1.29 is 0 Å². The van der Waals surface area contributed by atoms with E-state index >= 15 is 0 Å². The van der Waals surface area contributed by atoms with E-state index < -0.39 is 0 Å². The van der Waals surface area contributed by atoms with Crippen LogP contribution in [0, 0.1) is 0 Å². The summed E-state index contributed by atoms with van der Waals surface area (Å²) in [5.41, 5.74) is 0. The van der Waals surface area contributed by atoms with Crippen LogP contribution in [0.2, 0.25) is 0 Å².